The fourth-order valence-electron chi connectivity index (χ4n) is 4.67. The molecule has 3 atom stereocenters. The first kappa shape index (κ1) is 18.0. The van der Waals surface area contributed by atoms with Gasteiger partial charge in [-0.1, -0.05) is 97.9 Å². The van der Waals surface area contributed by atoms with Crippen molar-refractivity contribution in [3.63, 3.8) is 0 Å². The molecule has 3 aromatic carbocycles. The van der Waals surface area contributed by atoms with Gasteiger partial charge in [0, 0.05) is 13.1 Å². The molecule has 0 aromatic heterocycles. The fourth-order valence-corrected chi connectivity index (χ4v) is 4.67. The van der Waals surface area contributed by atoms with Crippen LogP contribution in [-0.2, 0) is 6.54 Å². The highest BCUT2D eigenvalue weighted by molar-refractivity contribution is 5.26. The Kier molecular flexibility index (Phi) is 5.69. The molecule has 0 unspecified atom stereocenters. The molecule has 0 amide bonds. The molecule has 0 bridgehead atoms. The van der Waals surface area contributed by atoms with Gasteiger partial charge in [-0.05, 0) is 47.4 Å². The van der Waals surface area contributed by atoms with Crippen molar-refractivity contribution in [1.29, 1.82) is 0 Å². The maximum Gasteiger partial charge on any atom is 0.0233 e. The maximum absolute atomic E-state index is 2.66. The second kappa shape index (κ2) is 8.54. The second-order valence-corrected chi connectivity index (χ2v) is 7.90. The van der Waals surface area contributed by atoms with Crippen molar-refractivity contribution in [3.05, 3.63) is 108 Å². The first-order valence-corrected chi connectivity index (χ1v) is 10.2. The highest BCUT2D eigenvalue weighted by Gasteiger charge is 2.32. The van der Waals surface area contributed by atoms with Gasteiger partial charge in [0.05, 0.1) is 0 Å². The second-order valence-electron chi connectivity index (χ2n) is 7.90. The molecule has 1 aliphatic heterocycles. The number of hydrogen-bond donors (Lipinski definition) is 0. The molecule has 1 aliphatic rings. The molecular formula is C26H29N. The third-order valence-electron chi connectivity index (χ3n) is 6.19. The van der Waals surface area contributed by atoms with Crippen LogP contribution in [0.25, 0.3) is 0 Å². The van der Waals surface area contributed by atoms with Crippen molar-refractivity contribution in [2.75, 3.05) is 13.1 Å². The van der Waals surface area contributed by atoms with Crippen LogP contribution in [0, 0.1) is 5.92 Å². The van der Waals surface area contributed by atoms with Crippen LogP contribution in [0.4, 0.5) is 0 Å². The number of likely N-dealkylation sites (tertiary alicyclic amines) is 1. The van der Waals surface area contributed by atoms with Gasteiger partial charge in [-0.15, -0.1) is 0 Å². The lowest BCUT2D eigenvalue weighted by Gasteiger charge is -2.30. The first-order chi connectivity index (χ1) is 13.3. The molecule has 1 saturated heterocycles. The molecule has 1 fully saturated rings. The molecule has 1 heterocycles. The molecule has 0 radical (unpaired) electrons. The third-order valence-corrected chi connectivity index (χ3v) is 6.19. The SMILES string of the molecule is C[C@@H]1[C@@H](c2ccccc2)CN(Cc2ccccc2)CC[C@H]1c1ccccc1. The normalized spacial score (nSPS) is 23.7. The number of benzene rings is 3. The van der Waals surface area contributed by atoms with Gasteiger partial charge < -0.3 is 0 Å². The summed E-state index contributed by atoms with van der Waals surface area (Å²) in [5.41, 5.74) is 4.38. The lowest BCUT2D eigenvalue weighted by molar-refractivity contribution is 0.256. The van der Waals surface area contributed by atoms with E-state index < -0.39 is 0 Å². The van der Waals surface area contributed by atoms with Gasteiger partial charge in [0.25, 0.3) is 0 Å². The Bertz CT molecular complexity index is 813. The van der Waals surface area contributed by atoms with Gasteiger partial charge >= 0.3 is 0 Å². The molecule has 138 valence electrons. The molecule has 0 aliphatic carbocycles. The Morgan fingerprint density at radius 2 is 1.22 bits per heavy atom. The van der Waals surface area contributed by atoms with Gasteiger partial charge in [0.15, 0.2) is 0 Å². The summed E-state index contributed by atoms with van der Waals surface area (Å²) in [5.74, 6) is 1.79. The molecule has 1 nitrogen and oxygen atoms in total. The molecule has 3 aromatic rings. The minimum absolute atomic E-state index is 0.558. The van der Waals surface area contributed by atoms with E-state index >= 15 is 0 Å². The largest absolute Gasteiger partial charge is 0.298 e. The minimum atomic E-state index is 0.558. The standard InChI is InChI=1S/C26H29N/c1-21-25(23-13-7-3-8-14-23)17-18-27(19-22-11-5-2-6-12-22)20-26(21)24-15-9-4-10-16-24/h2-16,21,25-26H,17-20H2,1H3/t21-,25+,26-/m0/s1. The Balaban J connectivity index is 1.63. The van der Waals surface area contributed by atoms with E-state index in [4.69, 9.17) is 0 Å². The minimum Gasteiger partial charge on any atom is -0.298 e. The molecular weight excluding hydrogens is 326 g/mol. The van der Waals surface area contributed by atoms with Crippen molar-refractivity contribution in [3.8, 4) is 0 Å². The molecule has 1 heteroatoms. The zero-order valence-corrected chi connectivity index (χ0v) is 16.2. The van der Waals surface area contributed by atoms with Crippen LogP contribution in [0.1, 0.15) is 41.9 Å². The first-order valence-electron chi connectivity index (χ1n) is 10.2. The summed E-state index contributed by atoms with van der Waals surface area (Å²) >= 11 is 0. The highest BCUT2D eigenvalue weighted by atomic mass is 15.1. The van der Waals surface area contributed by atoms with Gasteiger partial charge in [-0.25, -0.2) is 0 Å². The topological polar surface area (TPSA) is 3.24 Å². The zero-order valence-electron chi connectivity index (χ0n) is 16.2. The van der Waals surface area contributed by atoms with Gasteiger partial charge in [0.2, 0.25) is 0 Å². The summed E-state index contributed by atoms with van der Waals surface area (Å²) in [6, 6.07) is 33.2. The van der Waals surface area contributed by atoms with Gasteiger partial charge in [0.1, 0.15) is 0 Å². The van der Waals surface area contributed by atoms with E-state index in [1.165, 1.54) is 23.1 Å². The van der Waals surface area contributed by atoms with Gasteiger partial charge in [-0.3, -0.25) is 4.90 Å². The summed E-state index contributed by atoms with van der Waals surface area (Å²) in [7, 11) is 0. The molecule has 27 heavy (non-hydrogen) atoms. The Hall–Kier alpha value is -2.38. The summed E-state index contributed by atoms with van der Waals surface area (Å²) < 4.78 is 0. The van der Waals surface area contributed by atoms with E-state index in [9.17, 15) is 0 Å². The summed E-state index contributed by atoms with van der Waals surface area (Å²) in [4.78, 5) is 2.66. The van der Waals surface area contributed by atoms with Crippen LogP contribution < -0.4 is 0 Å². The molecule has 0 spiro atoms. The lowest BCUT2D eigenvalue weighted by atomic mass is 9.76. The summed E-state index contributed by atoms with van der Waals surface area (Å²) in [6.07, 6.45) is 1.22. The predicted molar refractivity (Wildman–Crippen MR) is 114 cm³/mol. The van der Waals surface area contributed by atoms with Crippen LogP contribution >= 0.6 is 0 Å². The van der Waals surface area contributed by atoms with Crippen molar-refractivity contribution in [2.24, 2.45) is 5.92 Å². The fraction of sp³-hybridized carbons (Fsp3) is 0.308. The quantitative estimate of drug-likeness (QED) is 0.547. The Morgan fingerprint density at radius 3 is 1.81 bits per heavy atom. The summed E-state index contributed by atoms with van der Waals surface area (Å²) in [6.45, 7) is 5.78. The van der Waals surface area contributed by atoms with Crippen LogP contribution in [-0.4, -0.2) is 18.0 Å². The highest BCUT2D eigenvalue weighted by Crippen LogP contribution is 2.41. The Labute approximate surface area is 163 Å². The van der Waals surface area contributed by atoms with Crippen molar-refractivity contribution in [1.82, 2.24) is 4.90 Å². The number of nitrogens with zero attached hydrogens (tertiary/aromatic N) is 1. The molecule has 0 saturated carbocycles. The van der Waals surface area contributed by atoms with E-state index in [2.05, 4.69) is 103 Å². The van der Waals surface area contributed by atoms with E-state index in [1.807, 2.05) is 0 Å². The molecule has 4 rings (SSSR count). The average Bonchev–Trinajstić information content (AvgIpc) is 2.89. The van der Waals surface area contributed by atoms with Crippen LogP contribution in [0.5, 0.6) is 0 Å². The number of rotatable bonds is 4. The van der Waals surface area contributed by atoms with E-state index in [0.29, 0.717) is 17.8 Å². The third kappa shape index (κ3) is 4.31. The molecule has 0 N–H and O–H groups in total. The van der Waals surface area contributed by atoms with Crippen molar-refractivity contribution < 1.29 is 0 Å². The monoisotopic (exact) mass is 355 g/mol. The lowest BCUT2D eigenvalue weighted by Crippen LogP contribution is -2.28. The average molecular weight is 356 g/mol. The van der Waals surface area contributed by atoms with Crippen molar-refractivity contribution >= 4 is 0 Å². The zero-order chi connectivity index (χ0) is 18.5. The van der Waals surface area contributed by atoms with Crippen molar-refractivity contribution in [2.45, 2.75) is 31.7 Å². The van der Waals surface area contributed by atoms with Crippen LogP contribution in [0.2, 0.25) is 0 Å². The van der Waals surface area contributed by atoms with Crippen LogP contribution in [0.3, 0.4) is 0 Å². The Morgan fingerprint density at radius 1 is 0.704 bits per heavy atom. The van der Waals surface area contributed by atoms with E-state index in [0.717, 1.165) is 19.6 Å². The van der Waals surface area contributed by atoms with E-state index in [1.54, 1.807) is 0 Å². The predicted octanol–water partition coefficient (Wildman–Crippen LogP) is 6.10. The maximum atomic E-state index is 2.66. The van der Waals surface area contributed by atoms with Crippen LogP contribution in [0.15, 0.2) is 91.0 Å². The van der Waals surface area contributed by atoms with Gasteiger partial charge in [-0.2, -0.15) is 0 Å². The van der Waals surface area contributed by atoms with E-state index in [-0.39, 0.29) is 0 Å². The summed E-state index contributed by atoms with van der Waals surface area (Å²) in [5, 5.41) is 0. The smallest absolute Gasteiger partial charge is 0.0233 e. The number of hydrogen-bond acceptors (Lipinski definition) is 1.